The molecule has 0 saturated heterocycles. The fourth-order valence-corrected chi connectivity index (χ4v) is 2.74. The maximum absolute atomic E-state index is 6.20. The van der Waals surface area contributed by atoms with E-state index in [0.29, 0.717) is 28.9 Å². The zero-order valence-corrected chi connectivity index (χ0v) is 12.7. The molecule has 0 aliphatic heterocycles. The predicted molar refractivity (Wildman–Crippen MR) is 82.1 cm³/mol. The lowest BCUT2D eigenvalue weighted by Gasteiger charge is -2.08. The van der Waals surface area contributed by atoms with Gasteiger partial charge in [0.25, 0.3) is 0 Å². The Morgan fingerprint density at radius 3 is 2.84 bits per heavy atom. The van der Waals surface area contributed by atoms with Crippen molar-refractivity contribution < 1.29 is 0 Å². The molecule has 104 valence electrons. The summed E-state index contributed by atoms with van der Waals surface area (Å²) in [6.07, 6.45) is 1.11. The molecule has 0 heterocycles. The van der Waals surface area contributed by atoms with E-state index in [2.05, 4.69) is 10.3 Å². The Balaban J connectivity index is 1.91. The summed E-state index contributed by atoms with van der Waals surface area (Å²) < 4.78 is 0. The molecule has 0 aromatic heterocycles. The maximum atomic E-state index is 6.20. The highest BCUT2D eigenvalue weighted by atomic mass is 35.5. The average Bonchev–Trinajstić information content (AvgIpc) is 3.05. The van der Waals surface area contributed by atoms with Gasteiger partial charge in [-0.15, -0.1) is 0 Å². The molecule has 2 atom stereocenters. The monoisotopic (exact) mass is 299 g/mol. The smallest absolute Gasteiger partial charge is 0.188 e. The number of guanidine groups is 1. The first-order chi connectivity index (χ1) is 8.97. The van der Waals surface area contributed by atoms with Crippen molar-refractivity contribution in [2.75, 3.05) is 6.54 Å². The number of nitrogens with two attached hydrogens (primary N) is 1. The summed E-state index contributed by atoms with van der Waals surface area (Å²) >= 11 is 12.1. The van der Waals surface area contributed by atoms with E-state index in [0.717, 1.165) is 18.0 Å². The van der Waals surface area contributed by atoms with Crippen LogP contribution in [0.5, 0.6) is 0 Å². The first-order valence-corrected chi connectivity index (χ1v) is 7.24. The fraction of sp³-hybridized carbons (Fsp3) is 0.500. The van der Waals surface area contributed by atoms with Gasteiger partial charge in [-0.25, -0.2) is 0 Å². The number of nitrogens with one attached hydrogen (secondary N) is 1. The van der Waals surface area contributed by atoms with Gasteiger partial charge in [0, 0.05) is 22.6 Å². The molecule has 0 spiro atoms. The van der Waals surface area contributed by atoms with Gasteiger partial charge in [-0.3, -0.25) is 4.99 Å². The number of hydrogen-bond donors (Lipinski definition) is 2. The van der Waals surface area contributed by atoms with Crippen LogP contribution >= 0.6 is 23.2 Å². The lowest BCUT2D eigenvalue weighted by molar-refractivity contribution is 0.716. The highest BCUT2D eigenvalue weighted by Crippen LogP contribution is 2.49. The third-order valence-electron chi connectivity index (χ3n) is 3.22. The first kappa shape index (κ1) is 14.5. The van der Waals surface area contributed by atoms with Crippen LogP contribution in [0.25, 0.3) is 0 Å². The normalized spacial score (nSPS) is 22.7. The van der Waals surface area contributed by atoms with Gasteiger partial charge in [0.1, 0.15) is 0 Å². The molecule has 1 saturated carbocycles. The van der Waals surface area contributed by atoms with E-state index in [1.165, 1.54) is 5.56 Å². The third-order valence-corrected chi connectivity index (χ3v) is 3.78. The highest BCUT2D eigenvalue weighted by molar-refractivity contribution is 6.35. The van der Waals surface area contributed by atoms with Crippen molar-refractivity contribution in [1.29, 1.82) is 0 Å². The minimum Gasteiger partial charge on any atom is -0.370 e. The van der Waals surface area contributed by atoms with E-state index in [-0.39, 0.29) is 0 Å². The quantitative estimate of drug-likeness (QED) is 0.661. The Kier molecular flexibility index (Phi) is 4.58. The first-order valence-electron chi connectivity index (χ1n) is 6.48. The third kappa shape index (κ3) is 4.02. The van der Waals surface area contributed by atoms with Gasteiger partial charge in [-0.2, -0.15) is 0 Å². The molecule has 0 unspecified atom stereocenters. The van der Waals surface area contributed by atoms with Gasteiger partial charge >= 0.3 is 0 Å². The van der Waals surface area contributed by atoms with E-state index in [4.69, 9.17) is 28.9 Å². The standard InChI is InChI=1S/C14H19Cl2N3/c1-8(2)19-14(17)18-7-9-5-12(9)11-4-3-10(15)6-13(11)16/h3-4,6,8-9,12H,5,7H2,1-2H3,(H3,17,18,19)/t9-,12+/m0/s1. The fourth-order valence-electron chi connectivity index (χ4n) is 2.19. The molecular weight excluding hydrogens is 281 g/mol. The van der Waals surface area contributed by atoms with E-state index >= 15 is 0 Å². The number of hydrogen-bond acceptors (Lipinski definition) is 1. The second kappa shape index (κ2) is 6.02. The van der Waals surface area contributed by atoms with Crippen LogP contribution in [0.3, 0.4) is 0 Å². The summed E-state index contributed by atoms with van der Waals surface area (Å²) in [7, 11) is 0. The number of aliphatic imine (C=N–C) groups is 1. The second-order valence-corrected chi connectivity index (χ2v) is 6.14. The Hall–Kier alpha value is -0.930. The molecule has 3 nitrogen and oxygen atoms in total. The maximum Gasteiger partial charge on any atom is 0.188 e. The average molecular weight is 300 g/mol. The summed E-state index contributed by atoms with van der Waals surface area (Å²) in [5.41, 5.74) is 6.95. The van der Waals surface area contributed by atoms with Crippen LogP contribution < -0.4 is 11.1 Å². The molecule has 1 aromatic carbocycles. The molecule has 0 radical (unpaired) electrons. The van der Waals surface area contributed by atoms with Gasteiger partial charge in [0.05, 0.1) is 0 Å². The Morgan fingerprint density at radius 2 is 2.21 bits per heavy atom. The van der Waals surface area contributed by atoms with E-state index in [1.54, 1.807) is 6.07 Å². The number of nitrogens with zero attached hydrogens (tertiary/aromatic N) is 1. The van der Waals surface area contributed by atoms with Crippen LogP contribution in [-0.4, -0.2) is 18.5 Å². The molecular formula is C14H19Cl2N3. The molecule has 5 heteroatoms. The lowest BCUT2D eigenvalue weighted by Crippen LogP contribution is -2.36. The summed E-state index contributed by atoms with van der Waals surface area (Å²) in [5.74, 6) is 1.54. The van der Waals surface area contributed by atoms with Crippen molar-refractivity contribution in [3.8, 4) is 0 Å². The molecule has 1 aromatic rings. The van der Waals surface area contributed by atoms with Crippen LogP contribution in [-0.2, 0) is 0 Å². The molecule has 0 bridgehead atoms. The van der Waals surface area contributed by atoms with E-state index < -0.39 is 0 Å². The number of benzene rings is 1. The summed E-state index contributed by atoms with van der Waals surface area (Å²) in [4.78, 5) is 4.36. The zero-order chi connectivity index (χ0) is 14.0. The van der Waals surface area contributed by atoms with Gasteiger partial charge in [0.2, 0.25) is 0 Å². The van der Waals surface area contributed by atoms with Crippen molar-refractivity contribution in [2.45, 2.75) is 32.2 Å². The Bertz CT molecular complexity index is 486. The Morgan fingerprint density at radius 1 is 1.47 bits per heavy atom. The minimum atomic E-state index is 0.310. The summed E-state index contributed by atoms with van der Waals surface area (Å²) in [5, 5.41) is 4.51. The zero-order valence-electron chi connectivity index (χ0n) is 11.2. The summed E-state index contributed by atoms with van der Waals surface area (Å²) in [6.45, 7) is 4.82. The molecule has 1 aliphatic carbocycles. The Labute approximate surface area is 124 Å². The summed E-state index contributed by atoms with van der Waals surface area (Å²) in [6, 6.07) is 6.00. The molecule has 0 amide bonds. The molecule has 3 N–H and O–H groups in total. The van der Waals surface area contributed by atoms with Gasteiger partial charge in [-0.1, -0.05) is 29.3 Å². The van der Waals surface area contributed by atoms with E-state index in [9.17, 15) is 0 Å². The van der Waals surface area contributed by atoms with Crippen molar-refractivity contribution in [1.82, 2.24) is 5.32 Å². The van der Waals surface area contributed by atoms with Gasteiger partial charge in [0.15, 0.2) is 5.96 Å². The number of halogens is 2. The van der Waals surface area contributed by atoms with Gasteiger partial charge in [-0.05, 0) is 49.8 Å². The minimum absolute atomic E-state index is 0.310. The van der Waals surface area contributed by atoms with Crippen LogP contribution in [0.2, 0.25) is 10.0 Å². The second-order valence-electron chi connectivity index (χ2n) is 5.29. The van der Waals surface area contributed by atoms with Crippen molar-refractivity contribution in [3.05, 3.63) is 33.8 Å². The SMILES string of the molecule is CC(C)NC(N)=NC[C@@H]1C[C@H]1c1ccc(Cl)cc1Cl. The van der Waals surface area contributed by atoms with Crippen LogP contribution in [0.15, 0.2) is 23.2 Å². The molecule has 19 heavy (non-hydrogen) atoms. The van der Waals surface area contributed by atoms with Crippen molar-refractivity contribution in [3.63, 3.8) is 0 Å². The topological polar surface area (TPSA) is 50.4 Å². The van der Waals surface area contributed by atoms with Crippen LogP contribution in [0.4, 0.5) is 0 Å². The number of rotatable bonds is 4. The molecule has 1 aliphatic rings. The highest BCUT2D eigenvalue weighted by Gasteiger charge is 2.39. The van der Waals surface area contributed by atoms with Crippen LogP contribution in [0.1, 0.15) is 31.7 Å². The largest absolute Gasteiger partial charge is 0.370 e. The van der Waals surface area contributed by atoms with Crippen LogP contribution in [0, 0.1) is 5.92 Å². The molecule has 2 rings (SSSR count). The lowest BCUT2D eigenvalue weighted by atomic mass is 10.1. The van der Waals surface area contributed by atoms with E-state index in [1.807, 2.05) is 26.0 Å². The van der Waals surface area contributed by atoms with Gasteiger partial charge < -0.3 is 11.1 Å². The van der Waals surface area contributed by atoms with Crippen molar-refractivity contribution in [2.24, 2.45) is 16.6 Å². The molecule has 1 fully saturated rings. The van der Waals surface area contributed by atoms with Crippen molar-refractivity contribution >= 4 is 29.2 Å². The predicted octanol–water partition coefficient (Wildman–Crippen LogP) is 3.41.